The summed E-state index contributed by atoms with van der Waals surface area (Å²) in [6, 6.07) is 0. The van der Waals surface area contributed by atoms with Crippen LogP contribution in [0.25, 0.3) is 11.0 Å². The van der Waals surface area contributed by atoms with Gasteiger partial charge in [-0.2, -0.15) is 0 Å². The first-order chi connectivity index (χ1) is 9.76. The van der Waals surface area contributed by atoms with E-state index in [-0.39, 0.29) is 5.15 Å². The average Bonchev–Trinajstić information content (AvgIpc) is 2.50. The lowest BCUT2D eigenvalue weighted by atomic mass is 10.3. The molecule has 0 saturated heterocycles. The molecule has 0 unspecified atom stereocenters. The smallest absolute Gasteiger partial charge is 0.179 e. The van der Waals surface area contributed by atoms with Gasteiger partial charge in [0, 0.05) is 18.9 Å². The van der Waals surface area contributed by atoms with Crippen molar-refractivity contribution >= 4 is 28.5 Å². The largest absolute Gasteiger partial charge is 0.367 e. The Bertz CT molecular complexity index is 558. The summed E-state index contributed by atoms with van der Waals surface area (Å²) in [6.45, 7) is 8.37. The summed E-state index contributed by atoms with van der Waals surface area (Å²) in [5, 5.41) is 11.5. The second kappa shape index (κ2) is 7.31. The number of nitrogens with one attached hydrogen (secondary N) is 1. The summed E-state index contributed by atoms with van der Waals surface area (Å²) in [5.41, 5.74) is 1.24. The normalized spacial score (nSPS) is 11.2. The summed E-state index contributed by atoms with van der Waals surface area (Å²) < 4.78 is 0. The number of halogens is 1. The summed E-state index contributed by atoms with van der Waals surface area (Å²) in [6.07, 6.45) is 4.26. The third-order valence-electron chi connectivity index (χ3n) is 3.19. The van der Waals surface area contributed by atoms with E-state index in [2.05, 4.69) is 44.2 Å². The number of fused-ring (bicyclic) bond motifs is 1. The molecule has 0 spiro atoms. The molecule has 2 heterocycles. The van der Waals surface area contributed by atoms with Crippen molar-refractivity contribution in [3.8, 4) is 0 Å². The van der Waals surface area contributed by atoms with Crippen molar-refractivity contribution in [2.75, 3.05) is 31.5 Å². The summed E-state index contributed by atoms with van der Waals surface area (Å²) in [5.74, 6) is 0.636. The van der Waals surface area contributed by atoms with Crippen LogP contribution in [-0.4, -0.2) is 51.2 Å². The van der Waals surface area contributed by atoms with Gasteiger partial charge in [-0.3, -0.25) is 0 Å². The molecule has 2 aromatic heterocycles. The van der Waals surface area contributed by atoms with Gasteiger partial charge in [0.05, 0.1) is 0 Å². The first kappa shape index (κ1) is 14.9. The van der Waals surface area contributed by atoms with Gasteiger partial charge in [0.2, 0.25) is 0 Å². The van der Waals surface area contributed by atoms with Gasteiger partial charge in [-0.1, -0.05) is 25.4 Å². The fraction of sp³-hybridized carbons (Fsp3) is 0.538. The molecule has 2 aromatic rings. The Morgan fingerprint density at radius 2 is 1.80 bits per heavy atom. The summed E-state index contributed by atoms with van der Waals surface area (Å²) >= 11 is 5.96. The second-order valence-electron chi connectivity index (χ2n) is 4.40. The summed E-state index contributed by atoms with van der Waals surface area (Å²) in [4.78, 5) is 10.8. The topological polar surface area (TPSA) is 66.8 Å². The van der Waals surface area contributed by atoms with Crippen molar-refractivity contribution in [1.82, 2.24) is 25.1 Å². The van der Waals surface area contributed by atoms with Crippen LogP contribution in [-0.2, 0) is 0 Å². The third kappa shape index (κ3) is 3.52. The van der Waals surface area contributed by atoms with Gasteiger partial charge in [-0.15, -0.1) is 10.2 Å². The molecule has 20 heavy (non-hydrogen) atoms. The van der Waals surface area contributed by atoms with Gasteiger partial charge < -0.3 is 10.2 Å². The van der Waals surface area contributed by atoms with Crippen LogP contribution < -0.4 is 5.32 Å². The number of hydrogen-bond acceptors (Lipinski definition) is 6. The molecule has 0 aliphatic rings. The molecule has 0 radical (unpaired) electrons. The van der Waals surface area contributed by atoms with Crippen LogP contribution in [0.3, 0.4) is 0 Å². The van der Waals surface area contributed by atoms with Crippen LogP contribution in [0.4, 0.5) is 5.82 Å². The van der Waals surface area contributed by atoms with E-state index < -0.39 is 0 Å². The highest BCUT2D eigenvalue weighted by molar-refractivity contribution is 6.33. The number of anilines is 1. The lowest BCUT2D eigenvalue weighted by molar-refractivity contribution is 0.303. The molecule has 0 aliphatic heterocycles. The molecular weight excluding hydrogens is 276 g/mol. The van der Waals surface area contributed by atoms with Crippen LogP contribution in [0.15, 0.2) is 12.4 Å². The molecular formula is C13H19ClN6. The predicted octanol–water partition coefficient (Wildman–Crippen LogP) is 2.22. The van der Waals surface area contributed by atoms with Crippen molar-refractivity contribution in [3.63, 3.8) is 0 Å². The number of nitrogens with zero attached hydrogens (tertiary/aromatic N) is 5. The van der Waals surface area contributed by atoms with Gasteiger partial charge in [-0.05, 0) is 26.1 Å². The maximum atomic E-state index is 5.96. The van der Waals surface area contributed by atoms with E-state index in [1.54, 1.807) is 12.4 Å². The molecule has 0 fully saturated rings. The van der Waals surface area contributed by atoms with E-state index in [1.807, 2.05) is 0 Å². The minimum atomic E-state index is 0.279. The maximum absolute atomic E-state index is 5.96. The number of rotatable bonds is 7. The summed E-state index contributed by atoms with van der Waals surface area (Å²) in [7, 11) is 0. The zero-order valence-corrected chi connectivity index (χ0v) is 12.6. The monoisotopic (exact) mass is 294 g/mol. The maximum Gasteiger partial charge on any atom is 0.179 e. The Morgan fingerprint density at radius 3 is 2.50 bits per heavy atom. The Kier molecular flexibility index (Phi) is 5.43. The van der Waals surface area contributed by atoms with Crippen molar-refractivity contribution in [3.05, 3.63) is 17.5 Å². The van der Waals surface area contributed by atoms with Crippen molar-refractivity contribution < 1.29 is 0 Å². The molecule has 0 aliphatic carbocycles. The van der Waals surface area contributed by atoms with Crippen LogP contribution in [0, 0.1) is 0 Å². The molecule has 0 amide bonds. The standard InChI is InChI=1S/C13H19ClN6/c1-3-20(4-2)9-5-6-17-13-11-10(12(14)18-19-13)15-7-8-16-11/h7-8H,3-6,9H2,1-2H3,(H,17,19). The molecule has 0 atom stereocenters. The van der Waals surface area contributed by atoms with E-state index >= 15 is 0 Å². The van der Waals surface area contributed by atoms with Crippen LogP contribution >= 0.6 is 11.6 Å². The van der Waals surface area contributed by atoms with Crippen molar-refractivity contribution in [1.29, 1.82) is 0 Å². The Labute approximate surface area is 123 Å². The van der Waals surface area contributed by atoms with E-state index in [0.29, 0.717) is 16.9 Å². The fourth-order valence-corrected chi connectivity index (χ4v) is 2.20. The zero-order chi connectivity index (χ0) is 14.4. The third-order valence-corrected chi connectivity index (χ3v) is 3.45. The van der Waals surface area contributed by atoms with E-state index in [0.717, 1.165) is 32.6 Å². The van der Waals surface area contributed by atoms with Gasteiger partial charge in [0.15, 0.2) is 11.0 Å². The first-order valence-corrected chi connectivity index (χ1v) is 7.23. The van der Waals surface area contributed by atoms with Crippen LogP contribution in [0.5, 0.6) is 0 Å². The molecule has 7 heteroatoms. The number of hydrogen-bond donors (Lipinski definition) is 1. The minimum absolute atomic E-state index is 0.279. The van der Waals surface area contributed by atoms with Crippen LogP contribution in [0.1, 0.15) is 20.3 Å². The lowest BCUT2D eigenvalue weighted by Crippen LogP contribution is -2.25. The van der Waals surface area contributed by atoms with Crippen molar-refractivity contribution in [2.45, 2.75) is 20.3 Å². The molecule has 1 N–H and O–H groups in total. The fourth-order valence-electron chi connectivity index (χ4n) is 2.02. The van der Waals surface area contributed by atoms with Crippen molar-refractivity contribution in [2.24, 2.45) is 0 Å². The molecule has 0 saturated carbocycles. The van der Waals surface area contributed by atoms with Gasteiger partial charge >= 0.3 is 0 Å². The van der Waals surface area contributed by atoms with Gasteiger partial charge in [0.25, 0.3) is 0 Å². The molecule has 6 nitrogen and oxygen atoms in total. The Hall–Kier alpha value is -1.53. The quantitative estimate of drug-likeness (QED) is 0.790. The molecule has 2 rings (SSSR count). The van der Waals surface area contributed by atoms with Gasteiger partial charge in [0.1, 0.15) is 11.0 Å². The van der Waals surface area contributed by atoms with E-state index in [4.69, 9.17) is 11.6 Å². The number of aromatic nitrogens is 4. The molecule has 108 valence electrons. The average molecular weight is 295 g/mol. The molecule has 0 aromatic carbocycles. The second-order valence-corrected chi connectivity index (χ2v) is 4.76. The molecule has 0 bridgehead atoms. The Balaban J connectivity index is 1.98. The highest BCUT2D eigenvalue weighted by Crippen LogP contribution is 2.21. The van der Waals surface area contributed by atoms with Gasteiger partial charge in [-0.25, -0.2) is 9.97 Å². The SMILES string of the molecule is CCN(CC)CCCNc1nnc(Cl)c2nccnc12. The van der Waals surface area contributed by atoms with E-state index in [1.165, 1.54) is 0 Å². The lowest BCUT2D eigenvalue weighted by Gasteiger charge is -2.17. The Morgan fingerprint density at radius 1 is 1.10 bits per heavy atom. The van der Waals surface area contributed by atoms with Crippen LogP contribution in [0.2, 0.25) is 5.15 Å². The van der Waals surface area contributed by atoms with E-state index in [9.17, 15) is 0 Å². The highest BCUT2D eigenvalue weighted by Gasteiger charge is 2.09. The minimum Gasteiger partial charge on any atom is -0.367 e. The predicted molar refractivity (Wildman–Crippen MR) is 81.0 cm³/mol. The first-order valence-electron chi connectivity index (χ1n) is 6.85. The highest BCUT2D eigenvalue weighted by atomic mass is 35.5. The zero-order valence-electron chi connectivity index (χ0n) is 11.8.